The zero-order valence-corrected chi connectivity index (χ0v) is 13.8. The van der Waals surface area contributed by atoms with Gasteiger partial charge in [0.25, 0.3) is 5.91 Å². The van der Waals surface area contributed by atoms with Crippen LogP contribution < -0.4 is 11.1 Å². The SMILES string of the molecule is NC=C(C=NC(F)F)C(=O)Nc1cn2cc(C3CCOCC3)nc2cn1. The molecule has 138 valence electrons. The number of rotatable bonds is 5. The van der Waals surface area contributed by atoms with E-state index < -0.39 is 12.5 Å². The number of halogens is 2. The molecule has 2 aromatic rings. The summed E-state index contributed by atoms with van der Waals surface area (Å²) in [5.41, 5.74) is 6.69. The van der Waals surface area contributed by atoms with Crippen LogP contribution in [0.25, 0.3) is 5.65 Å². The molecule has 1 aliphatic rings. The van der Waals surface area contributed by atoms with Gasteiger partial charge in [-0.1, -0.05) is 0 Å². The normalized spacial score (nSPS) is 16.7. The number of nitrogens with zero attached hydrogens (tertiary/aromatic N) is 4. The number of carbonyl (C=O) groups excluding carboxylic acids is 1. The largest absolute Gasteiger partial charge is 0.404 e. The summed E-state index contributed by atoms with van der Waals surface area (Å²) in [5, 5.41) is 2.49. The Bertz CT molecular complexity index is 842. The van der Waals surface area contributed by atoms with E-state index in [1.54, 1.807) is 10.6 Å². The zero-order chi connectivity index (χ0) is 18.5. The average molecular weight is 364 g/mol. The molecule has 1 saturated heterocycles. The molecule has 3 heterocycles. The number of anilines is 1. The van der Waals surface area contributed by atoms with Crippen LogP contribution in [0.1, 0.15) is 24.5 Å². The smallest absolute Gasteiger partial charge is 0.331 e. The van der Waals surface area contributed by atoms with E-state index in [9.17, 15) is 13.6 Å². The predicted molar refractivity (Wildman–Crippen MR) is 91.2 cm³/mol. The molecule has 0 unspecified atom stereocenters. The number of aliphatic imine (C=N–C) groups is 1. The van der Waals surface area contributed by atoms with Crippen LogP contribution in [0.5, 0.6) is 0 Å². The highest BCUT2D eigenvalue weighted by Gasteiger charge is 2.19. The maximum atomic E-state index is 12.1. The molecule has 1 fully saturated rings. The van der Waals surface area contributed by atoms with E-state index in [1.807, 2.05) is 6.20 Å². The summed E-state index contributed by atoms with van der Waals surface area (Å²) < 4.78 is 31.4. The van der Waals surface area contributed by atoms with Crippen molar-refractivity contribution in [1.82, 2.24) is 14.4 Å². The Morgan fingerprint density at radius 1 is 1.42 bits per heavy atom. The molecule has 0 aromatic carbocycles. The monoisotopic (exact) mass is 364 g/mol. The Kier molecular flexibility index (Phi) is 5.52. The minimum Gasteiger partial charge on any atom is -0.404 e. The lowest BCUT2D eigenvalue weighted by molar-refractivity contribution is -0.112. The summed E-state index contributed by atoms with van der Waals surface area (Å²) in [4.78, 5) is 23.6. The zero-order valence-electron chi connectivity index (χ0n) is 13.8. The Labute approximate surface area is 147 Å². The molecule has 0 spiro atoms. The third kappa shape index (κ3) is 4.20. The quantitative estimate of drug-likeness (QED) is 0.477. The molecule has 0 aliphatic carbocycles. The number of alkyl halides is 2. The Balaban J connectivity index is 1.75. The maximum Gasteiger partial charge on any atom is 0.331 e. The first kappa shape index (κ1) is 17.9. The Morgan fingerprint density at radius 3 is 2.88 bits per heavy atom. The molecule has 3 N–H and O–H groups in total. The highest BCUT2D eigenvalue weighted by molar-refractivity contribution is 6.17. The van der Waals surface area contributed by atoms with Gasteiger partial charge in [0.15, 0.2) is 5.65 Å². The van der Waals surface area contributed by atoms with Crippen molar-refractivity contribution in [1.29, 1.82) is 0 Å². The number of ether oxygens (including phenoxy) is 1. The maximum absolute atomic E-state index is 12.1. The lowest BCUT2D eigenvalue weighted by Crippen LogP contribution is -2.18. The number of hydrogen-bond donors (Lipinski definition) is 2. The second kappa shape index (κ2) is 8.00. The van der Waals surface area contributed by atoms with E-state index >= 15 is 0 Å². The highest BCUT2D eigenvalue weighted by Crippen LogP contribution is 2.26. The van der Waals surface area contributed by atoms with Gasteiger partial charge >= 0.3 is 6.55 Å². The van der Waals surface area contributed by atoms with Crippen LogP contribution in [-0.4, -0.2) is 46.3 Å². The first-order valence-corrected chi connectivity index (χ1v) is 8.04. The summed E-state index contributed by atoms with van der Waals surface area (Å²) in [7, 11) is 0. The molecular weight excluding hydrogens is 346 g/mol. The topological polar surface area (TPSA) is 107 Å². The molecule has 10 heteroatoms. The fourth-order valence-electron chi connectivity index (χ4n) is 2.68. The van der Waals surface area contributed by atoms with E-state index in [0.717, 1.165) is 31.0 Å². The molecule has 2 aromatic heterocycles. The van der Waals surface area contributed by atoms with Crippen LogP contribution in [0.3, 0.4) is 0 Å². The van der Waals surface area contributed by atoms with Gasteiger partial charge < -0.3 is 20.2 Å². The average Bonchev–Trinajstić information content (AvgIpc) is 3.06. The predicted octanol–water partition coefficient (Wildman–Crippen LogP) is 1.70. The lowest BCUT2D eigenvalue weighted by Gasteiger charge is -2.19. The molecular formula is C16H18F2N6O2. The van der Waals surface area contributed by atoms with Gasteiger partial charge in [0.2, 0.25) is 0 Å². The first-order chi connectivity index (χ1) is 12.6. The van der Waals surface area contributed by atoms with Crippen LogP contribution in [0.2, 0.25) is 0 Å². The van der Waals surface area contributed by atoms with Gasteiger partial charge in [-0.15, -0.1) is 0 Å². The molecule has 1 aliphatic heterocycles. The van der Waals surface area contributed by atoms with Crippen molar-refractivity contribution < 1.29 is 18.3 Å². The van der Waals surface area contributed by atoms with Crippen molar-refractivity contribution in [2.45, 2.75) is 25.3 Å². The standard InChI is InChI=1S/C16H18F2N6O2/c17-16(18)21-6-11(5-19)15(25)23-13-9-24-8-12(22-14(24)7-20-13)10-1-3-26-4-2-10/h5-10,16H,1-4,19H2,(H,23,25). The van der Waals surface area contributed by atoms with E-state index in [0.29, 0.717) is 24.8 Å². The van der Waals surface area contributed by atoms with Crippen molar-refractivity contribution in [3.63, 3.8) is 0 Å². The summed E-state index contributed by atoms with van der Waals surface area (Å²) >= 11 is 0. The Hall–Kier alpha value is -2.88. The number of amides is 1. The number of aromatic nitrogens is 3. The van der Waals surface area contributed by atoms with Crippen LogP contribution in [-0.2, 0) is 9.53 Å². The molecule has 26 heavy (non-hydrogen) atoms. The molecule has 8 nitrogen and oxygen atoms in total. The summed E-state index contributed by atoms with van der Waals surface area (Å²) in [6, 6.07) is 0. The minimum atomic E-state index is -2.92. The van der Waals surface area contributed by atoms with Gasteiger partial charge in [-0.3, -0.25) is 4.79 Å². The van der Waals surface area contributed by atoms with Gasteiger partial charge in [0.1, 0.15) is 5.82 Å². The number of nitrogens with two attached hydrogens (primary N) is 1. The number of fused-ring (bicyclic) bond motifs is 1. The van der Waals surface area contributed by atoms with Crippen molar-refractivity contribution >= 4 is 23.6 Å². The Morgan fingerprint density at radius 2 is 2.19 bits per heavy atom. The second-order valence-electron chi connectivity index (χ2n) is 5.72. The van der Waals surface area contributed by atoms with Gasteiger partial charge in [-0.05, 0) is 12.8 Å². The van der Waals surface area contributed by atoms with Crippen LogP contribution in [0.15, 0.2) is 35.4 Å². The molecule has 0 radical (unpaired) electrons. The molecule has 3 rings (SSSR count). The molecule has 0 bridgehead atoms. The number of nitrogens with one attached hydrogen (secondary N) is 1. The van der Waals surface area contributed by atoms with Gasteiger partial charge in [-0.25, -0.2) is 15.0 Å². The van der Waals surface area contributed by atoms with Crippen LogP contribution >= 0.6 is 0 Å². The molecule has 0 atom stereocenters. The summed E-state index contributed by atoms with van der Waals surface area (Å²) in [6.07, 6.45) is 8.46. The minimum absolute atomic E-state index is 0.194. The van der Waals surface area contributed by atoms with E-state index in [4.69, 9.17) is 10.5 Å². The van der Waals surface area contributed by atoms with Crippen LogP contribution in [0.4, 0.5) is 14.6 Å². The highest BCUT2D eigenvalue weighted by atomic mass is 19.3. The third-order valence-electron chi connectivity index (χ3n) is 4.01. The van der Waals surface area contributed by atoms with Crippen molar-refractivity contribution in [3.8, 4) is 0 Å². The third-order valence-corrected chi connectivity index (χ3v) is 4.01. The van der Waals surface area contributed by atoms with E-state index in [-0.39, 0.29) is 11.4 Å². The number of imidazole rings is 1. The number of hydrogen-bond acceptors (Lipinski definition) is 6. The number of carbonyl (C=O) groups is 1. The summed E-state index contributed by atoms with van der Waals surface area (Å²) in [6.45, 7) is -1.49. The second-order valence-corrected chi connectivity index (χ2v) is 5.72. The molecule has 0 saturated carbocycles. The molecule has 1 amide bonds. The van der Waals surface area contributed by atoms with Gasteiger partial charge in [0.05, 0.1) is 23.7 Å². The summed E-state index contributed by atoms with van der Waals surface area (Å²) in [5.74, 6) is -0.115. The lowest BCUT2D eigenvalue weighted by atomic mass is 9.97. The first-order valence-electron chi connectivity index (χ1n) is 8.04. The van der Waals surface area contributed by atoms with Crippen LogP contribution in [0, 0.1) is 0 Å². The van der Waals surface area contributed by atoms with E-state index in [1.165, 1.54) is 6.20 Å². The van der Waals surface area contributed by atoms with Crippen molar-refractivity contribution in [2.24, 2.45) is 10.7 Å². The van der Waals surface area contributed by atoms with Crippen molar-refractivity contribution in [3.05, 3.63) is 36.1 Å². The fraction of sp³-hybridized carbons (Fsp3) is 0.375. The van der Waals surface area contributed by atoms with Crippen molar-refractivity contribution in [2.75, 3.05) is 18.5 Å². The fourth-order valence-corrected chi connectivity index (χ4v) is 2.68. The van der Waals surface area contributed by atoms with E-state index in [2.05, 4.69) is 20.3 Å². The van der Waals surface area contributed by atoms with Gasteiger partial charge in [-0.2, -0.15) is 8.78 Å². The van der Waals surface area contributed by atoms with Gasteiger partial charge in [0, 0.05) is 37.7 Å².